The lowest BCUT2D eigenvalue weighted by Crippen LogP contribution is -2.48. The highest BCUT2D eigenvalue weighted by atomic mass is 32.1. The van der Waals surface area contributed by atoms with Gasteiger partial charge in [0, 0.05) is 17.8 Å². The fourth-order valence-corrected chi connectivity index (χ4v) is 4.37. The van der Waals surface area contributed by atoms with Crippen LogP contribution in [0.2, 0.25) is 0 Å². The molecule has 0 saturated carbocycles. The van der Waals surface area contributed by atoms with E-state index in [-0.39, 0.29) is 0 Å². The Balaban J connectivity index is 1.37. The first-order valence-corrected chi connectivity index (χ1v) is 9.18. The lowest BCUT2D eigenvalue weighted by molar-refractivity contribution is 0.0904. The minimum atomic E-state index is 0.660. The normalized spacial score (nSPS) is 29.9. The molecule has 0 aromatic rings. The van der Waals surface area contributed by atoms with E-state index in [9.17, 15) is 0 Å². The van der Waals surface area contributed by atoms with Gasteiger partial charge in [-0.15, -0.1) is 0 Å². The summed E-state index contributed by atoms with van der Waals surface area (Å²) in [5, 5.41) is 4.14. The molecule has 3 rings (SSSR count). The summed E-state index contributed by atoms with van der Waals surface area (Å²) in [5.41, 5.74) is 0. The molecule has 20 heavy (non-hydrogen) atoms. The molecule has 3 saturated heterocycles. The highest BCUT2D eigenvalue weighted by Gasteiger charge is 2.27. The summed E-state index contributed by atoms with van der Waals surface area (Å²) >= 11 is 4.60. The zero-order valence-corrected chi connectivity index (χ0v) is 13.7. The van der Waals surface area contributed by atoms with Crippen molar-refractivity contribution < 1.29 is 0 Å². The quantitative estimate of drug-likeness (QED) is 0.775. The van der Waals surface area contributed by atoms with E-state index < -0.39 is 0 Å². The largest absolute Gasteiger partial charge is 0.317 e. The van der Waals surface area contributed by atoms with Crippen LogP contribution in [0, 0.1) is 5.92 Å². The van der Waals surface area contributed by atoms with Gasteiger partial charge in [0.05, 0.1) is 0 Å². The van der Waals surface area contributed by atoms with Crippen molar-refractivity contribution in [1.82, 2.24) is 15.1 Å². The molecule has 3 aliphatic heterocycles. The van der Waals surface area contributed by atoms with E-state index >= 15 is 0 Å². The number of rotatable bonds is 3. The second-order valence-corrected chi connectivity index (χ2v) is 7.72. The number of hydrogen-bond donors (Lipinski definition) is 2. The van der Waals surface area contributed by atoms with Crippen LogP contribution in [0.4, 0.5) is 0 Å². The van der Waals surface area contributed by atoms with Gasteiger partial charge in [-0.2, -0.15) is 12.6 Å². The fraction of sp³-hybridized carbons (Fsp3) is 1.00. The van der Waals surface area contributed by atoms with Crippen LogP contribution in [0.25, 0.3) is 0 Å². The number of piperidine rings is 3. The summed E-state index contributed by atoms with van der Waals surface area (Å²) < 4.78 is 0. The molecular formula is C16H31N3S. The molecule has 0 atom stereocenters. The molecule has 0 spiro atoms. The first kappa shape index (κ1) is 15.1. The average Bonchev–Trinajstić information content (AvgIpc) is 2.51. The van der Waals surface area contributed by atoms with Crippen molar-refractivity contribution in [1.29, 1.82) is 0 Å². The van der Waals surface area contributed by atoms with Gasteiger partial charge in [-0.05, 0) is 83.7 Å². The lowest BCUT2D eigenvalue weighted by Gasteiger charge is -2.41. The zero-order chi connectivity index (χ0) is 13.8. The molecule has 3 heterocycles. The molecule has 4 heteroatoms. The second-order valence-electron chi connectivity index (χ2n) is 6.99. The van der Waals surface area contributed by atoms with Gasteiger partial charge in [-0.3, -0.25) is 0 Å². The van der Waals surface area contributed by atoms with Crippen LogP contribution < -0.4 is 5.32 Å². The Morgan fingerprint density at radius 2 is 1.50 bits per heavy atom. The van der Waals surface area contributed by atoms with E-state index in [1.54, 1.807) is 0 Å². The first-order valence-electron chi connectivity index (χ1n) is 8.66. The summed E-state index contributed by atoms with van der Waals surface area (Å²) in [6.07, 6.45) is 8.14. The maximum atomic E-state index is 4.60. The number of nitrogens with zero attached hydrogens (tertiary/aromatic N) is 2. The Bertz CT molecular complexity index is 277. The van der Waals surface area contributed by atoms with Crippen molar-refractivity contribution in [3.8, 4) is 0 Å². The fourth-order valence-electron chi connectivity index (χ4n) is 4.14. The summed E-state index contributed by atoms with van der Waals surface area (Å²) in [6.45, 7) is 9.05. The Morgan fingerprint density at radius 1 is 0.850 bits per heavy atom. The highest BCUT2D eigenvalue weighted by molar-refractivity contribution is 7.80. The molecule has 3 fully saturated rings. The van der Waals surface area contributed by atoms with Gasteiger partial charge >= 0.3 is 0 Å². The molecule has 0 unspecified atom stereocenters. The van der Waals surface area contributed by atoms with E-state index in [2.05, 4.69) is 27.7 Å². The molecule has 0 amide bonds. The monoisotopic (exact) mass is 297 g/mol. The third-order valence-corrected chi connectivity index (χ3v) is 6.06. The third kappa shape index (κ3) is 4.12. The summed E-state index contributed by atoms with van der Waals surface area (Å²) in [7, 11) is 0. The van der Waals surface area contributed by atoms with E-state index in [1.165, 1.54) is 84.3 Å². The van der Waals surface area contributed by atoms with Crippen LogP contribution in [0.1, 0.15) is 38.5 Å². The van der Waals surface area contributed by atoms with Gasteiger partial charge in [-0.25, -0.2) is 0 Å². The van der Waals surface area contributed by atoms with Crippen LogP contribution in [0.3, 0.4) is 0 Å². The smallest absolute Gasteiger partial charge is 0.0119 e. The molecule has 116 valence electrons. The van der Waals surface area contributed by atoms with Crippen molar-refractivity contribution in [2.75, 3.05) is 45.8 Å². The summed E-state index contributed by atoms with van der Waals surface area (Å²) in [5.74, 6) is 0.949. The van der Waals surface area contributed by atoms with Gasteiger partial charge < -0.3 is 15.1 Å². The maximum Gasteiger partial charge on any atom is 0.0119 e. The third-order valence-electron chi connectivity index (χ3n) is 5.55. The minimum Gasteiger partial charge on any atom is -0.317 e. The predicted molar refractivity (Wildman–Crippen MR) is 88.6 cm³/mol. The van der Waals surface area contributed by atoms with E-state index in [4.69, 9.17) is 0 Å². The van der Waals surface area contributed by atoms with Crippen molar-refractivity contribution in [2.45, 2.75) is 49.8 Å². The molecule has 1 N–H and O–H groups in total. The molecule has 0 aliphatic carbocycles. The average molecular weight is 298 g/mol. The van der Waals surface area contributed by atoms with Crippen molar-refractivity contribution in [2.24, 2.45) is 5.92 Å². The second kappa shape index (κ2) is 7.48. The first-order chi connectivity index (χ1) is 9.81. The van der Waals surface area contributed by atoms with Gasteiger partial charge in [0.2, 0.25) is 0 Å². The van der Waals surface area contributed by atoms with E-state index in [0.29, 0.717) is 5.25 Å². The van der Waals surface area contributed by atoms with Crippen LogP contribution in [-0.4, -0.2) is 66.9 Å². The molecule has 0 radical (unpaired) electrons. The van der Waals surface area contributed by atoms with Crippen LogP contribution in [-0.2, 0) is 0 Å². The standard InChI is InChI=1S/C16H31N3S/c20-16-5-9-18(10-6-16)13-14-3-11-19(12-4-14)15-1-7-17-8-2-15/h14-17,20H,1-13H2. The molecule has 0 bridgehead atoms. The van der Waals surface area contributed by atoms with Gasteiger partial charge in [0.15, 0.2) is 0 Å². The topological polar surface area (TPSA) is 18.5 Å². The minimum absolute atomic E-state index is 0.660. The van der Waals surface area contributed by atoms with Crippen LogP contribution in [0.15, 0.2) is 0 Å². The van der Waals surface area contributed by atoms with Crippen molar-refractivity contribution in [3.05, 3.63) is 0 Å². The van der Waals surface area contributed by atoms with Gasteiger partial charge in [0.25, 0.3) is 0 Å². The van der Waals surface area contributed by atoms with E-state index in [0.717, 1.165) is 12.0 Å². The Hall–Kier alpha value is 0.230. The zero-order valence-electron chi connectivity index (χ0n) is 12.8. The Labute approximate surface area is 129 Å². The molecular weight excluding hydrogens is 266 g/mol. The molecule has 0 aromatic heterocycles. The number of likely N-dealkylation sites (tertiary alicyclic amines) is 2. The summed E-state index contributed by atoms with van der Waals surface area (Å²) in [4.78, 5) is 5.47. The van der Waals surface area contributed by atoms with Gasteiger partial charge in [0.1, 0.15) is 0 Å². The van der Waals surface area contributed by atoms with E-state index in [1.807, 2.05) is 0 Å². The van der Waals surface area contributed by atoms with Crippen molar-refractivity contribution >= 4 is 12.6 Å². The summed E-state index contributed by atoms with van der Waals surface area (Å²) in [6, 6.07) is 0.872. The Morgan fingerprint density at radius 3 is 2.15 bits per heavy atom. The molecule has 3 aliphatic rings. The predicted octanol–water partition coefficient (Wildman–Crippen LogP) is 1.84. The van der Waals surface area contributed by atoms with Gasteiger partial charge in [-0.1, -0.05) is 0 Å². The number of nitrogens with one attached hydrogen (secondary N) is 1. The lowest BCUT2D eigenvalue weighted by atomic mass is 9.92. The highest BCUT2D eigenvalue weighted by Crippen LogP contribution is 2.24. The van der Waals surface area contributed by atoms with Crippen LogP contribution in [0.5, 0.6) is 0 Å². The SMILES string of the molecule is SC1CCN(CC2CCN(C3CCNCC3)CC2)CC1. The number of hydrogen-bond acceptors (Lipinski definition) is 4. The molecule has 0 aromatic carbocycles. The van der Waals surface area contributed by atoms with Crippen LogP contribution >= 0.6 is 12.6 Å². The maximum absolute atomic E-state index is 4.60. The number of thiol groups is 1. The van der Waals surface area contributed by atoms with Crippen molar-refractivity contribution in [3.63, 3.8) is 0 Å². The Kier molecular flexibility index (Phi) is 5.66. The molecule has 3 nitrogen and oxygen atoms in total.